The number of hydrogen-bond donors (Lipinski definition) is 0. The highest BCUT2D eigenvalue weighted by molar-refractivity contribution is 9.10. The van der Waals surface area contributed by atoms with Crippen molar-refractivity contribution in [3.63, 3.8) is 0 Å². The van der Waals surface area contributed by atoms with Gasteiger partial charge in [0.25, 0.3) is 0 Å². The van der Waals surface area contributed by atoms with Crippen molar-refractivity contribution in [3.05, 3.63) is 28.6 Å². The standard InChI is InChI=1S/C11H13BrN2O3S/c1-17-10-5-11-13-8(3-4-18(2,15)16)6-14(11)7-9(10)12/h5-7H,3-4H2,1-2H3. The third kappa shape index (κ3) is 3.02. The Balaban J connectivity index is 2.33. The summed E-state index contributed by atoms with van der Waals surface area (Å²) in [7, 11) is -1.38. The van der Waals surface area contributed by atoms with Crippen LogP contribution in [0.5, 0.6) is 5.75 Å². The van der Waals surface area contributed by atoms with E-state index in [-0.39, 0.29) is 5.75 Å². The van der Waals surface area contributed by atoms with E-state index in [2.05, 4.69) is 20.9 Å². The molecule has 2 aromatic heterocycles. The van der Waals surface area contributed by atoms with Gasteiger partial charge in [-0.1, -0.05) is 0 Å². The van der Waals surface area contributed by atoms with Gasteiger partial charge in [-0.2, -0.15) is 0 Å². The molecule has 0 aliphatic rings. The Morgan fingerprint density at radius 3 is 2.78 bits per heavy atom. The number of hydrogen-bond acceptors (Lipinski definition) is 4. The lowest BCUT2D eigenvalue weighted by atomic mass is 10.4. The molecular formula is C11H13BrN2O3S. The van der Waals surface area contributed by atoms with Crippen LogP contribution in [0.3, 0.4) is 0 Å². The number of nitrogens with zero attached hydrogens (tertiary/aromatic N) is 2. The Bertz CT molecular complexity index is 679. The van der Waals surface area contributed by atoms with Gasteiger partial charge in [-0.15, -0.1) is 0 Å². The molecule has 2 heterocycles. The second kappa shape index (κ2) is 4.89. The van der Waals surface area contributed by atoms with E-state index in [1.165, 1.54) is 6.26 Å². The monoisotopic (exact) mass is 332 g/mol. The lowest BCUT2D eigenvalue weighted by molar-refractivity contribution is 0.412. The number of imidazole rings is 1. The van der Waals surface area contributed by atoms with Crippen molar-refractivity contribution in [3.8, 4) is 5.75 Å². The van der Waals surface area contributed by atoms with Crippen LogP contribution in [0, 0.1) is 0 Å². The number of aromatic nitrogens is 2. The molecule has 0 saturated heterocycles. The van der Waals surface area contributed by atoms with Crippen LogP contribution in [0.25, 0.3) is 5.65 Å². The highest BCUT2D eigenvalue weighted by Gasteiger charge is 2.09. The normalized spacial score (nSPS) is 11.9. The molecule has 2 aromatic rings. The van der Waals surface area contributed by atoms with Crippen molar-refractivity contribution in [1.29, 1.82) is 0 Å². The maximum Gasteiger partial charge on any atom is 0.147 e. The molecule has 0 spiro atoms. The Hall–Kier alpha value is -1.08. The minimum atomic E-state index is -2.96. The second-order valence-electron chi connectivity index (χ2n) is 4.07. The number of sulfone groups is 1. The molecule has 0 aliphatic heterocycles. The maximum atomic E-state index is 11.1. The largest absolute Gasteiger partial charge is 0.495 e. The van der Waals surface area contributed by atoms with Crippen LogP contribution in [-0.2, 0) is 16.3 Å². The Morgan fingerprint density at radius 2 is 2.17 bits per heavy atom. The van der Waals surface area contributed by atoms with E-state index < -0.39 is 9.84 Å². The summed E-state index contributed by atoms with van der Waals surface area (Å²) in [6.45, 7) is 0. The number of pyridine rings is 1. The van der Waals surface area contributed by atoms with Gasteiger partial charge in [0.15, 0.2) is 0 Å². The third-order valence-corrected chi connectivity index (χ3v) is 4.05. The number of methoxy groups -OCH3 is 1. The Morgan fingerprint density at radius 1 is 1.44 bits per heavy atom. The second-order valence-corrected chi connectivity index (χ2v) is 7.18. The first-order valence-electron chi connectivity index (χ1n) is 5.28. The molecule has 0 radical (unpaired) electrons. The predicted molar refractivity (Wildman–Crippen MR) is 72.9 cm³/mol. The number of ether oxygens (including phenoxy) is 1. The number of fused-ring (bicyclic) bond motifs is 1. The van der Waals surface area contributed by atoms with E-state index >= 15 is 0 Å². The van der Waals surface area contributed by atoms with Crippen molar-refractivity contribution in [1.82, 2.24) is 9.38 Å². The molecule has 0 atom stereocenters. The summed E-state index contributed by atoms with van der Waals surface area (Å²) in [6, 6.07) is 1.80. The fourth-order valence-corrected chi connectivity index (χ4v) is 2.69. The van der Waals surface area contributed by atoms with Crippen LogP contribution in [-0.4, -0.2) is 36.9 Å². The van der Waals surface area contributed by atoms with Gasteiger partial charge in [0.05, 0.1) is 23.0 Å². The smallest absolute Gasteiger partial charge is 0.147 e. The van der Waals surface area contributed by atoms with E-state index in [4.69, 9.17) is 4.74 Å². The fourth-order valence-electron chi connectivity index (χ4n) is 1.61. The van der Waals surface area contributed by atoms with Crippen LogP contribution < -0.4 is 4.74 Å². The molecule has 0 unspecified atom stereocenters. The minimum Gasteiger partial charge on any atom is -0.495 e. The summed E-state index contributed by atoms with van der Waals surface area (Å²) in [5, 5.41) is 0. The van der Waals surface area contributed by atoms with Gasteiger partial charge in [-0.3, -0.25) is 0 Å². The zero-order valence-corrected chi connectivity index (χ0v) is 12.5. The number of halogens is 1. The van der Waals surface area contributed by atoms with E-state index in [0.717, 1.165) is 15.8 Å². The molecule has 0 amide bonds. The van der Waals surface area contributed by atoms with Gasteiger partial charge in [0.1, 0.15) is 21.2 Å². The van der Waals surface area contributed by atoms with Gasteiger partial charge in [0, 0.05) is 31.1 Å². The Kier molecular flexibility index (Phi) is 3.63. The highest BCUT2D eigenvalue weighted by Crippen LogP contribution is 2.25. The van der Waals surface area contributed by atoms with Gasteiger partial charge >= 0.3 is 0 Å². The summed E-state index contributed by atoms with van der Waals surface area (Å²) >= 11 is 3.39. The van der Waals surface area contributed by atoms with Crippen molar-refractivity contribution in [2.45, 2.75) is 6.42 Å². The van der Waals surface area contributed by atoms with E-state index in [0.29, 0.717) is 12.2 Å². The van der Waals surface area contributed by atoms with Crippen molar-refractivity contribution >= 4 is 31.4 Å². The van der Waals surface area contributed by atoms with Crippen molar-refractivity contribution in [2.24, 2.45) is 0 Å². The first kappa shape index (κ1) is 13.4. The van der Waals surface area contributed by atoms with Crippen LogP contribution >= 0.6 is 15.9 Å². The molecule has 18 heavy (non-hydrogen) atoms. The molecular weight excluding hydrogens is 320 g/mol. The summed E-state index contributed by atoms with van der Waals surface area (Å²) in [5.41, 5.74) is 1.49. The Labute approximate surface area is 114 Å². The SMILES string of the molecule is COc1cc2nc(CCS(C)(=O)=O)cn2cc1Br. The first-order valence-corrected chi connectivity index (χ1v) is 8.13. The first-order chi connectivity index (χ1) is 8.39. The zero-order valence-electron chi connectivity index (χ0n) is 10.1. The maximum absolute atomic E-state index is 11.1. The van der Waals surface area contributed by atoms with Gasteiger partial charge in [0.2, 0.25) is 0 Å². The predicted octanol–water partition coefficient (Wildman–Crippen LogP) is 1.69. The highest BCUT2D eigenvalue weighted by atomic mass is 79.9. The summed E-state index contributed by atoms with van der Waals surface area (Å²) in [6.07, 6.45) is 5.30. The molecule has 0 fully saturated rings. The lowest BCUT2D eigenvalue weighted by Crippen LogP contribution is -2.05. The average Bonchev–Trinajstić information content (AvgIpc) is 2.66. The minimum absolute atomic E-state index is 0.106. The quantitative estimate of drug-likeness (QED) is 0.854. The van der Waals surface area contributed by atoms with Crippen LogP contribution in [0.15, 0.2) is 22.9 Å². The van der Waals surface area contributed by atoms with Crippen LogP contribution in [0.4, 0.5) is 0 Å². The topological polar surface area (TPSA) is 60.7 Å². The van der Waals surface area contributed by atoms with E-state index in [1.54, 1.807) is 13.2 Å². The number of rotatable bonds is 4. The summed E-state index contributed by atoms with van der Waals surface area (Å²) < 4.78 is 30.1. The van der Waals surface area contributed by atoms with Gasteiger partial charge in [-0.25, -0.2) is 13.4 Å². The molecule has 7 heteroatoms. The molecule has 98 valence electrons. The van der Waals surface area contributed by atoms with Gasteiger partial charge in [-0.05, 0) is 15.9 Å². The molecule has 0 bridgehead atoms. The third-order valence-electron chi connectivity index (χ3n) is 2.51. The zero-order chi connectivity index (χ0) is 13.3. The summed E-state index contributed by atoms with van der Waals surface area (Å²) in [4.78, 5) is 4.36. The molecule has 0 aromatic carbocycles. The van der Waals surface area contributed by atoms with E-state index in [9.17, 15) is 8.42 Å². The van der Waals surface area contributed by atoms with Crippen molar-refractivity contribution in [2.75, 3.05) is 19.1 Å². The fraction of sp³-hybridized carbons (Fsp3) is 0.364. The number of aryl methyl sites for hydroxylation is 1. The molecule has 5 nitrogen and oxygen atoms in total. The van der Waals surface area contributed by atoms with Crippen molar-refractivity contribution < 1.29 is 13.2 Å². The summed E-state index contributed by atoms with van der Waals surface area (Å²) in [5.74, 6) is 0.803. The molecule has 0 saturated carbocycles. The molecule has 0 aliphatic carbocycles. The van der Waals surface area contributed by atoms with E-state index in [1.807, 2.05) is 16.8 Å². The van der Waals surface area contributed by atoms with Crippen LogP contribution in [0.2, 0.25) is 0 Å². The average molecular weight is 333 g/mol. The van der Waals surface area contributed by atoms with Crippen LogP contribution in [0.1, 0.15) is 5.69 Å². The molecule has 2 rings (SSSR count). The molecule has 0 N–H and O–H groups in total. The lowest BCUT2D eigenvalue weighted by Gasteiger charge is -2.02. The van der Waals surface area contributed by atoms with Gasteiger partial charge < -0.3 is 9.14 Å².